The molecule has 0 aromatic carbocycles. The molecule has 9 aliphatic rings. The molecular formula is C61H103N3O23. The minimum atomic E-state index is -2.01. The summed E-state index contributed by atoms with van der Waals surface area (Å²) in [5.74, 6) is 1.19. The number of allylic oxidation sites excluding steroid dienone is 1. The number of aliphatic hydroxyl groups excluding tert-OH is 7. The van der Waals surface area contributed by atoms with Crippen LogP contribution in [0.25, 0.3) is 0 Å². The van der Waals surface area contributed by atoms with Crippen LogP contribution >= 0.6 is 0 Å². The van der Waals surface area contributed by atoms with Gasteiger partial charge in [-0.25, -0.2) is 0 Å². The zero-order valence-corrected chi connectivity index (χ0v) is 52.2. The maximum atomic E-state index is 12.8. The Bertz CT molecular complexity index is 2320. The number of nitrogens with two attached hydrogens (primary N) is 1. The highest BCUT2D eigenvalue weighted by Gasteiger charge is 2.68. The number of hydrogen-bond acceptors (Lipinski definition) is 24. The molecule has 3 saturated carbocycles. The molecule has 0 bridgehead atoms. The van der Waals surface area contributed by atoms with Gasteiger partial charge in [-0.05, 0) is 124 Å². The summed E-state index contributed by atoms with van der Waals surface area (Å²) in [4.78, 5) is 23.8. The van der Waals surface area contributed by atoms with Gasteiger partial charge in [-0.1, -0.05) is 53.2 Å². The molecule has 500 valence electrons. The summed E-state index contributed by atoms with van der Waals surface area (Å²) < 4.78 is 66.9. The first kappa shape index (κ1) is 69.1. The van der Waals surface area contributed by atoms with E-state index in [-0.39, 0.29) is 98.1 Å². The fourth-order valence-electron chi connectivity index (χ4n) is 17.3. The van der Waals surface area contributed by atoms with Crippen LogP contribution < -0.4 is 5.73 Å². The van der Waals surface area contributed by atoms with E-state index in [4.69, 9.17) is 57.8 Å². The predicted octanol–water partition coefficient (Wildman–Crippen LogP) is 2.99. The molecule has 0 spiro atoms. The molecule has 0 aromatic rings. The van der Waals surface area contributed by atoms with E-state index in [1.807, 2.05) is 0 Å². The molecule has 5 saturated heterocycles. The van der Waals surface area contributed by atoms with Crippen molar-refractivity contribution >= 4 is 0 Å². The van der Waals surface area contributed by atoms with Crippen molar-refractivity contribution in [2.24, 2.45) is 51.1 Å². The van der Waals surface area contributed by atoms with Gasteiger partial charge in [-0.2, -0.15) is 0 Å². The Morgan fingerprint density at radius 1 is 0.713 bits per heavy atom. The van der Waals surface area contributed by atoms with Gasteiger partial charge in [0.2, 0.25) is 6.29 Å². The van der Waals surface area contributed by atoms with Crippen molar-refractivity contribution in [1.82, 2.24) is 0 Å². The number of ether oxygens (including phenoxy) is 11. The minimum absolute atomic E-state index is 0.00891. The smallest absolute Gasteiger partial charge is 0.328 e. The van der Waals surface area contributed by atoms with Crippen molar-refractivity contribution in [2.75, 3.05) is 46.4 Å². The SMILES string of the molecule is C[C@H](CCC(O[C@@H]1O[C@H](CO[C@H]2O[C@H](CO)[C@@H](O)C[C@H]2O)[C@@H](O)C[C@H]1O[C@H]1OC(COCOC[C@@H]2C[C@H](N)CCO2)C[C@@H]([N+](=O)[O-])[C@@H]1[N+](=O)[O-])C(C)(C)O)C1CC[C@@]2(C)C3CC=C4C(CC[C@H](O[C@@H]5O[C@H](CO)C[C@H](O)[C@H]5O)C4(C)C)[C@]3(C)CC[C@]12C. The van der Waals surface area contributed by atoms with Crippen LogP contribution in [-0.4, -0.2) is 225 Å². The summed E-state index contributed by atoms with van der Waals surface area (Å²) >= 11 is 0. The van der Waals surface area contributed by atoms with Crippen LogP contribution in [0.1, 0.15) is 152 Å². The molecule has 8 fully saturated rings. The molecule has 9 rings (SSSR count). The number of aliphatic hydroxyl groups is 8. The lowest BCUT2D eigenvalue weighted by atomic mass is 9.39. The summed E-state index contributed by atoms with van der Waals surface area (Å²) in [6.07, 6.45) is -7.95. The summed E-state index contributed by atoms with van der Waals surface area (Å²) in [6.45, 7) is 16.4. The maximum absolute atomic E-state index is 12.8. The van der Waals surface area contributed by atoms with Crippen LogP contribution in [0.2, 0.25) is 0 Å². The molecule has 26 heteroatoms. The second kappa shape index (κ2) is 28.1. The van der Waals surface area contributed by atoms with Crippen LogP contribution in [-0.2, 0) is 52.1 Å². The standard InChI is InChI=1S/C61H103N3O23/c1-32(37-15-17-61(8)48-12-10-38-39(59(48,6)18-19-60(37,61)7)11-14-49(57(38,2)3)86-56-52(71)43(69)23-34(26-65)81-56)9-13-50(58(4,5)72)87-54-45(25-42(68)47(85-54)30-80-53-44(70)24-41(67)46(27-66)84-53)83-55-51(64(75)76)40(63(73)74)22-36(82-55)29-78-31-77-28-35-21-33(62)16-20-79-35/h10,32-37,39-56,65-72H,9,11-31,62H2,1-8H3/t32-,33-,34+,35+,36?,37?,39?,40-,41+,42+,43+,44-,45-,46-,47-,48?,49+,50?,51+,52-,53+,54+,55-,56+,59+,60-,61+/m1/s1. The fraction of sp³-hybridized carbons (Fsp3) is 0.967. The third-order valence-electron chi connectivity index (χ3n) is 22.7. The maximum Gasteiger partial charge on any atom is 0.328 e. The van der Waals surface area contributed by atoms with Gasteiger partial charge < -0.3 is 98.7 Å². The molecule has 0 amide bonds. The molecule has 5 aliphatic heterocycles. The average Bonchev–Trinajstić information content (AvgIpc) is 1.72. The number of fused-ring (bicyclic) bond motifs is 5. The van der Waals surface area contributed by atoms with Gasteiger partial charge in [0.05, 0.1) is 93.9 Å². The van der Waals surface area contributed by atoms with E-state index in [1.165, 1.54) is 5.57 Å². The highest BCUT2D eigenvalue weighted by molar-refractivity contribution is 5.30. The summed E-state index contributed by atoms with van der Waals surface area (Å²) in [5, 5.41) is 111. The van der Waals surface area contributed by atoms with Gasteiger partial charge in [0.1, 0.15) is 37.3 Å². The van der Waals surface area contributed by atoms with Crippen LogP contribution in [0, 0.1) is 65.6 Å². The van der Waals surface area contributed by atoms with Crippen LogP contribution in [0.15, 0.2) is 11.6 Å². The van der Waals surface area contributed by atoms with Crippen molar-refractivity contribution in [3.05, 3.63) is 31.9 Å². The van der Waals surface area contributed by atoms with E-state index in [0.29, 0.717) is 43.6 Å². The first-order valence-electron chi connectivity index (χ1n) is 32.1. The molecule has 0 aromatic heterocycles. The Morgan fingerprint density at radius 3 is 2.09 bits per heavy atom. The van der Waals surface area contributed by atoms with Crippen LogP contribution in [0.3, 0.4) is 0 Å². The Hall–Kier alpha value is -2.26. The van der Waals surface area contributed by atoms with Crippen molar-refractivity contribution < 1.29 is 103 Å². The normalized spacial score (nSPS) is 45.7. The van der Waals surface area contributed by atoms with E-state index in [9.17, 15) is 61.1 Å². The topological polar surface area (TPSA) is 376 Å². The summed E-state index contributed by atoms with van der Waals surface area (Å²) in [7, 11) is 0. The zero-order chi connectivity index (χ0) is 63.1. The first-order valence-corrected chi connectivity index (χ1v) is 32.1. The molecule has 27 atom stereocenters. The number of hydrogen-bond donors (Lipinski definition) is 9. The number of nitrogens with zero attached hydrogens (tertiary/aromatic N) is 2. The van der Waals surface area contributed by atoms with Gasteiger partial charge in [0.25, 0.3) is 6.04 Å². The van der Waals surface area contributed by atoms with Crippen molar-refractivity contribution in [2.45, 2.75) is 280 Å². The fourth-order valence-corrected chi connectivity index (χ4v) is 17.3. The molecule has 5 heterocycles. The second-order valence-corrected chi connectivity index (χ2v) is 28.9. The highest BCUT2D eigenvalue weighted by atomic mass is 16.8. The minimum Gasteiger partial charge on any atom is -0.394 e. The third kappa shape index (κ3) is 14.6. The monoisotopic (exact) mass is 1250 g/mol. The molecule has 5 unspecified atom stereocenters. The van der Waals surface area contributed by atoms with Crippen LogP contribution in [0.5, 0.6) is 0 Å². The molecule has 10 N–H and O–H groups in total. The van der Waals surface area contributed by atoms with Crippen molar-refractivity contribution in [3.63, 3.8) is 0 Å². The molecule has 87 heavy (non-hydrogen) atoms. The Labute approximate surface area is 510 Å². The zero-order valence-electron chi connectivity index (χ0n) is 52.2. The van der Waals surface area contributed by atoms with E-state index < -0.39 is 133 Å². The number of rotatable bonds is 24. The van der Waals surface area contributed by atoms with E-state index in [0.717, 1.165) is 51.4 Å². The van der Waals surface area contributed by atoms with E-state index in [2.05, 4.69) is 47.6 Å². The molecule has 26 nitrogen and oxygen atoms in total. The average molecular weight is 1250 g/mol. The van der Waals surface area contributed by atoms with Gasteiger partial charge >= 0.3 is 6.04 Å². The second-order valence-electron chi connectivity index (χ2n) is 28.9. The van der Waals surface area contributed by atoms with Crippen molar-refractivity contribution in [1.29, 1.82) is 0 Å². The van der Waals surface area contributed by atoms with Crippen molar-refractivity contribution in [3.8, 4) is 0 Å². The lowest BCUT2D eigenvalue weighted by molar-refractivity contribution is -0.645. The van der Waals surface area contributed by atoms with Gasteiger partial charge in [0, 0.05) is 47.2 Å². The Balaban J connectivity index is 0.895. The molecular weight excluding hydrogens is 1140 g/mol. The largest absolute Gasteiger partial charge is 0.394 e. The van der Waals surface area contributed by atoms with Gasteiger partial charge in [-0.15, -0.1) is 0 Å². The number of nitro groups is 2. The molecule has 4 aliphatic carbocycles. The van der Waals surface area contributed by atoms with E-state index in [1.54, 1.807) is 13.8 Å². The summed E-state index contributed by atoms with van der Waals surface area (Å²) in [5.41, 5.74) is 5.51. The Kier molecular flexibility index (Phi) is 22.3. The van der Waals surface area contributed by atoms with E-state index >= 15 is 0 Å². The lowest BCUT2D eigenvalue weighted by Gasteiger charge is -2.66. The predicted molar refractivity (Wildman–Crippen MR) is 307 cm³/mol. The quantitative estimate of drug-likeness (QED) is 0.0220. The lowest BCUT2D eigenvalue weighted by Crippen LogP contribution is -2.60. The van der Waals surface area contributed by atoms with Gasteiger partial charge in [0.15, 0.2) is 18.9 Å². The Morgan fingerprint density at radius 2 is 1.41 bits per heavy atom. The van der Waals surface area contributed by atoms with Crippen LogP contribution in [0.4, 0.5) is 0 Å². The highest BCUT2D eigenvalue weighted by Crippen LogP contribution is 2.75. The summed E-state index contributed by atoms with van der Waals surface area (Å²) in [6, 6.07) is -3.80. The third-order valence-corrected chi connectivity index (χ3v) is 22.7. The first-order chi connectivity index (χ1) is 41.0. The molecule has 0 radical (unpaired) electrons. The van der Waals surface area contributed by atoms with Gasteiger partial charge in [-0.3, -0.25) is 20.2 Å².